The van der Waals surface area contributed by atoms with E-state index in [4.69, 9.17) is 9.26 Å². The van der Waals surface area contributed by atoms with Crippen LogP contribution in [-0.2, 0) is 16.6 Å². The summed E-state index contributed by atoms with van der Waals surface area (Å²) in [6.07, 6.45) is 9.70. The highest BCUT2D eigenvalue weighted by molar-refractivity contribution is 6.05. The maximum Gasteiger partial charge on any atom is 0.316 e. The average Bonchev–Trinajstić information content (AvgIpc) is 3.36. The number of aromatic nitrogens is 5. The van der Waals surface area contributed by atoms with Crippen LogP contribution in [0.15, 0.2) is 47.5 Å². The third kappa shape index (κ3) is 7.90. The smallest absolute Gasteiger partial charge is 0.316 e. The number of unbranched alkanes of at least 4 members (excludes halogenated alkanes) is 2. The van der Waals surface area contributed by atoms with Crippen LogP contribution in [0.1, 0.15) is 65.1 Å². The van der Waals surface area contributed by atoms with Crippen LogP contribution in [0, 0.1) is 0 Å². The zero-order chi connectivity index (χ0) is 26.8. The topological polar surface area (TPSA) is 107 Å². The summed E-state index contributed by atoms with van der Waals surface area (Å²) in [7, 11) is 0. The fraction of sp³-hybridized carbons (Fsp3) is 0.481. The van der Waals surface area contributed by atoms with Gasteiger partial charge in [0.25, 0.3) is 5.91 Å². The fourth-order valence-electron chi connectivity index (χ4n) is 3.55. The van der Waals surface area contributed by atoms with Crippen molar-refractivity contribution in [3.05, 3.63) is 54.7 Å². The van der Waals surface area contributed by atoms with Gasteiger partial charge in [0.15, 0.2) is 5.82 Å². The predicted octanol–water partition coefficient (Wildman–Crippen LogP) is 5.28. The molecule has 3 aromatic heterocycles. The number of halogens is 1. The number of hydrogen-bond acceptors (Lipinski definition) is 8. The summed E-state index contributed by atoms with van der Waals surface area (Å²) in [5, 5.41) is 4.06. The van der Waals surface area contributed by atoms with Crippen molar-refractivity contribution in [3.63, 3.8) is 0 Å². The molecule has 0 N–H and O–H groups in total. The lowest BCUT2D eigenvalue weighted by atomic mass is 9.97. The minimum absolute atomic E-state index is 0.0108. The number of carbonyl (C=O) groups is 1. The minimum Gasteiger partial charge on any atom is -0.464 e. The Hall–Kier alpha value is -3.69. The molecule has 0 aliphatic heterocycles. The average molecular weight is 511 g/mol. The van der Waals surface area contributed by atoms with E-state index in [0.717, 1.165) is 30.4 Å². The van der Waals surface area contributed by atoms with Gasteiger partial charge in [-0.3, -0.25) is 14.2 Å². The van der Waals surface area contributed by atoms with Crippen molar-refractivity contribution < 1.29 is 18.4 Å². The Bertz CT molecular complexity index is 1170. The lowest BCUT2D eigenvalue weighted by molar-refractivity contribution is -0.115. The first kappa shape index (κ1) is 27.9. The molecule has 0 aromatic carbocycles. The number of ether oxygens (including phenoxy) is 1. The molecule has 0 bridgehead atoms. The molecule has 0 spiro atoms. The van der Waals surface area contributed by atoms with E-state index in [-0.39, 0.29) is 23.3 Å². The Kier molecular flexibility index (Phi) is 9.82. The summed E-state index contributed by atoms with van der Waals surface area (Å²) in [6, 6.07) is 2.14. The van der Waals surface area contributed by atoms with Gasteiger partial charge >= 0.3 is 6.01 Å². The van der Waals surface area contributed by atoms with Crippen LogP contribution in [-0.4, -0.2) is 50.8 Å². The van der Waals surface area contributed by atoms with E-state index in [0.29, 0.717) is 43.0 Å². The number of rotatable bonds is 13. The molecule has 37 heavy (non-hydrogen) atoms. The quantitative estimate of drug-likeness (QED) is 0.226. The number of anilines is 1. The lowest BCUT2D eigenvalue weighted by Gasteiger charge is -2.24. The number of aryl methyl sites for hydroxylation is 1. The van der Waals surface area contributed by atoms with Gasteiger partial charge in [0.1, 0.15) is 0 Å². The highest BCUT2D eigenvalue weighted by Crippen LogP contribution is 2.25. The second kappa shape index (κ2) is 13.0. The number of carbonyl (C=O) groups excluding carboxylic acids is 1. The Morgan fingerprint density at radius 3 is 2.51 bits per heavy atom. The van der Waals surface area contributed by atoms with Crippen LogP contribution >= 0.6 is 0 Å². The van der Waals surface area contributed by atoms with Crippen LogP contribution in [0.3, 0.4) is 0 Å². The molecular formula is C27H35FN6O3. The highest BCUT2D eigenvalue weighted by atomic mass is 19.1. The number of amides is 1. The zero-order valence-electron chi connectivity index (χ0n) is 22.0. The first-order valence-corrected chi connectivity index (χ1v) is 12.5. The molecule has 0 aliphatic rings. The molecule has 0 fully saturated rings. The summed E-state index contributed by atoms with van der Waals surface area (Å²) in [6.45, 7) is 12.0. The van der Waals surface area contributed by atoms with Crippen molar-refractivity contribution in [3.8, 4) is 17.1 Å². The standard InChI is InChI=1S/C27H35FN6O3/c1-6-36-26-30-16-21(17-31-26)20-14-22(18-29-15-20)34(24(35)19(2)11-12-28)13-9-7-8-10-23-32-25(37-33-23)27(3,4)5/h14-18H,2,6-13H2,1,3-5H3. The molecule has 0 radical (unpaired) electrons. The third-order valence-electron chi connectivity index (χ3n) is 5.61. The molecular weight excluding hydrogens is 475 g/mol. The number of pyridine rings is 1. The van der Waals surface area contributed by atoms with E-state index in [9.17, 15) is 9.18 Å². The van der Waals surface area contributed by atoms with Crippen LogP contribution in [0.4, 0.5) is 10.1 Å². The molecule has 0 unspecified atom stereocenters. The number of nitrogens with zero attached hydrogens (tertiary/aromatic N) is 6. The second-order valence-corrected chi connectivity index (χ2v) is 9.69. The van der Waals surface area contributed by atoms with Crippen molar-refractivity contribution in [2.45, 2.75) is 65.2 Å². The van der Waals surface area contributed by atoms with Gasteiger partial charge in [0.2, 0.25) is 5.89 Å². The summed E-state index contributed by atoms with van der Waals surface area (Å²) in [4.78, 5) is 31.9. The van der Waals surface area contributed by atoms with Gasteiger partial charge in [-0.2, -0.15) is 4.98 Å². The number of hydrogen-bond donors (Lipinski definition) is 0. The van der Waals surface area contributed by atoms with E-state index in [2.05, 4.69) is 31.7 Å². The van der Waals surface area contributed by atoms with Crippen LogP contribution < -0.4 is 9.64 Å². The summed E-state index contributed by atoms with van der Waals surface area (Å²) in [5.74, 6) is 0.993. The van der Waals surface area contributed by atoms with Gasteiger partial charge in [0.05, 0.1) is 25.2 Å². The third-order valence-corrected chi connectivity index (χ3v) is 5.61. The molecule has 0 aliphatic carbocycles. The Morgan fingerprint density at radius 2 is 1.86 bits per heavy atom. The van der Waals surface area contributed by atoms with Crippen LogP contribution in [0.25, 0.3) is 11.1 Å². The fourth-order valence-corrected chi connectivity index (χ4v) is 3.55. The van der Waals surface area contributed by atoms with E-state index >= 15 is 0 Å². The molecule has 10 heteroatoms. The molecule has 3 aromatic rings. The van der Waals surface area contributed by atoms with Crippen molar-refractivity contribution in [2.24, 2.45) is 0 Å². The van der Waals surface area contributed by atoms with Crippen LogP contribution in [0.5, 0.6) is 6.01 Å². The highest BCUT2D eigenvalue weighted by Gasteiger charge is 2.22. The lowest BCUT2D eigenvalue weighted by Crippen LogP contribution is -2.33. The van der Waals surface area contributed by atoms with Gasteiger partial charge in [-0.1, -0.05) is 38.9 Å². The van der Waals surface area contributed by atoms with Crippen molar-refractivity contribution in [1.82, 2.24) is 25.1 Å². The summed E-state index contributed by atoms with van der Waals surface area (Å²) >= 11 is 0. The predicted molar refractivity (Wildman–Crippen MR) is 139 cm³/mol. The summed E-state index contributed by atoms with van der Waals surface area (Å²) in [5.41, 5.74) is 2.13. The zero-order valence-corrected chi connectivity index (χ0v) is 22.0. The molecule has 198 valence electrons. The van der Waals surface area contributed by atoms with Gasteiger partial charge in [-0.15, -0.1) is 0 Å². The van der Waals surface area contributed by atoms with Gasteiger partial charge in [-0.05, 0) is 25.8 Å². The molecule has 1 amide bonds. The Morgan fingerprint density at radius 1 is 1.11 bits per heavy atom. The second-order valence-electron chi connectivity index (χ2n) is 9.69. The molecule has 3 rings (SSSR count). The van der Waals surface area contributed by atoms with E-state index in [1.54, 1.807) is 29.7 Å². The maximum absolute atomic E-state index is 13.1. The number of alkyl halides is 1. The summed E-state index contributed by atoms with van der Waals surface area (Å²) < 4.78 is 23.6. The van der Waals surface area contributed by atoms with E-state index < -0.39 is 6.67 Å². The van der Waals surface area contributed by atoms with Gasteiger partial charge < -0.3 is 14.2 Å². The molecule has 0 saturated heterocycles. The van der Waals surface area contributed by atoms with E-state index in [1.807, 2.05) is 33.8 Å². The first-order chi connectivity index (χ1) is 17.7. The minimum atomic E-state index is -0.637. The van der Waals surface area contributed by atoms with E-state index in [1.165, 1.54) is 0 Å². The van der Waals surface area contributed by atoms with Crippen molar-refractivity contribution in [1.29, 1.82) is 0 Å². The Labute approximate surface area is 217 Å². The maximum atomic E-state index is 13.1. The largest absolute Gasteiger partial charge is 0.464 e. The Balaban J connectivity index is 1.68. The SMILES string of the molecule is C=C(CCF)C(=O)N(CCCCCc1noc(C(C)(C)C)n1)c1cncc(-c2cnc(OCC)nc2)c1. The molecule has 9 nitrogen and oxygen atoms in total. The van der Waals surface area contributed by atoms with Crippen LogP contribution in [0.2, 0.25) is 0 Å². The molecule has 0 atom stereocenters. The molecule has 3 heterocycles. The molecule has 0 saturated carbocycles. The van der Waals surface area contributed by atoms with Gasteiger partial charge in [0, 0.05) is 60.1 Å². The van der Waals surface area contributed by atoms with Gasteiger partial charge in [-0.25, -0.2) is 9.97 Å². The van der Waals surface area contributed by atoms with Crippen molar-refractivity contribution in [2.75, 3.05) is 24.7 Å². The normalized spacial score (nSPS) is 11.4. The first-order valence-electron chi connectivity index (χ1n) is 12.5. The van der Waals surface area contributed by atoms with Crippen molar-refractivity contribution >= 4 is 11.6 Å². The monoisotopic (exact) mass is 510 g/mol.